The molecular weight excluding hydrogens is 326 g/mol. The van der Waals surface area contributed by atoms with E-state index in [0.717, 1.165) is 11.1 Å². The van der Waals surface area contributed by atoms with Crippen LogP contribution in [0.2, 0.25) is 0 Å². The van der Waals surface area contributed by atoms with Gasteiger partial charge in [0.2, 0.25) is 16.4 Å². The van der Waals surface area contributed by atoms with Gasteiger partial charge in [0.15, 0.2) is 0 Å². The molecule has 0 N–H and O–H groups in total. The van der Waals surface area contributed by atoms with Crippen LogP contribution in [0.15, 0.2) is 59.5 Å². The maximum absolute atomic E-state index is 13.1. The zero-order chi connectivity index (χ0) is 17.3. The van der Waals surface area contributed by atoms with Gasteiger partial charge >= 0.3 is 0 Å². The third-order valence-corrected chi connectivity index (χ3v) is 6.16. The number of sulfonamides is 1. The zero-order valence-corrected chi connectivity index (χ0v) is 14.7. The monoisotopic (exact) mass is 347 g/mol. The summed E-state index contributed by atoms with van der Waals surface area (Å²) in [6.07, 6.45) is -1.33. The lowest BCUT2D eigenvalue weighted by molar-refractivity contribution is -0.151. The average molecular weight is 347 g/mol. The topological polar surface area (TPSA) is 55.8 Å². The van der Waals surface area contributed by atoms with E-state index in [-0.39, 0.29) is 17.0 Å². The highest BCUT2D eigenvalue weighted by Crippen LogP contribution is 2.38. The van der Waals surface area contributed by atoms with Crippen LogP contribution in [-0.2, 0) is 19.5 Å². The van der Waals surface area contributed by atoms with Crippen LogP contribution in [-0.4, -0.2) is 32.3 Å². The fourth-order valence-corrected chi connectivity index (χ4v) is 4.58. The van der Waals surface area contributed by atoms with Crippen molar-refractivity contribution in [3.63, 3.8) is 0 Å². The van der Waals surface area contributed by atoms with Crippen LogP contribution in [0.3, 0.4) is 0 Å². The number of rotatable bonds is 4. The first-order valence-corrected chi connectivity index (χ1v) is 9.22. The Labute approximate surface area is 142 Å². The maximum Gasteiger partial charge on any atom is 0.247 e. The highest BCUT2D eigenvalue weighted by Gasteiger charge is 2.47. The van der Waals surface area contributed by atoms with E-state index in [1.54, 1.807) is 24.3 Å². The van der Waals surface area contributed by atoms with E-state index in [9.17, 15) is 8.42 Å². The van der Waals surface area contributed by atoms with E-state index in [0.29, 0.717) is 0 Å². The zero-order valence-electron chi connectivity index (χ0n) is 13.9. The molecule has 0 spiro atoms. The molecule has 1 aliphatic heterocycles. The Hall–Kier alpha value is -1.73. The summed E-state index contributed by atoms with van der Waals surface area (Å²) in [6, 6.07) is 16.0. The molecule has 2 aromatic carbocycles. The molecule has 0 radical (unpaired) electrons. The Bertz CT molecular complexity index is 790. The Morgan fingerprint density at radius 1 is 1.04 bits per heavy atom. The molecular formula is C18H21NO4S. The largest absolute Gasteiger partial charge is 0.342 e. The van der Waals surface area contributed by atoms with E-state index < -0.39 is 16.4 Å². The molecule has 0 bridgehead atoms. The summed E-state index contributed by atoms with van der Waals surface area (Å²) >= 11 is 0. The van der Waals surface area contributed by atoms with Crippen molar-refractivity contribution in [3.05, 3.63) is 65.7 Å². The molecule has 3 atom stereocenters. The fourth-order valence-electron chi connectivity index (χ4n) is 2.95. The normalized spacial score (nSPS) is 25.0. The summed E-state index contributed by atoms with van der Waals surface area (Å²) in [4.78, 5) is 0.235. The molecule has 2 aromatic rings. The van der Waals surface area contributed by atoms with Crippen molar-refractivity contribution in [2.75, 3.05) is 7.11 Å². The number of methoxy groups -OCH3 is 1. The number of benzene rings is 2. The molecule has 5 nitrogen and oxygen atoms in total. The Morgan fingerprint density at radius 3 is 2.25 bits per heavy atom. The summed E-state index contributed by atoms with van der Waals surface area (Å²) in [7, 11) is -2.28. The van der Waals surface area contributed by atoms with E-state index in [2.05, 4.69) is 0 Å². The second kappa shape index (κ2) is 6.64. The van der Waals surface area contributed by atoms with Crippen molar-refractivity contribution in [2.45, 2.75) is 37.3 Å². The predicted molar refractivity (Wildman–Crippen MR) is 90.7 cm³/mol. The van der Waals surface area contributed by atoms with Crippen LogP contribution in [0.5, 0.6) is 0 Å². The number of ether oxygens (including phenoxy) is 2. The molecule has 6 heteroatoms. The van der Waals surface area contributed by atoms with Crippen LogP contribution in [0.1, 0.15) is 24.2 Å². The standard InChI is InChI=1S/C18H21NO4S/c1-13-9-11-16(12-10-13)24(20,21)19-14(2)17(23-18(19)22-3)15-7-5-4-6-8-15/h4-12,14,17-18H,1-3H3/t14-,17+,18+/m1/s1. The summed E-state index contributed by atoms with van der Waals surface area (Å²) in [5.41, 5.74) is 1.93. The summed E-state index contributed by atoms with van der Waals surface area (Å²) in [6.45, 7) is 3.75. The lowest BCUT2D eigenvalue weighted by Gasteiger charge is -2.24. The first-order chi connectivity index (χ1) is 11.4. The second-order valence-corrected chi connectivity index (χ2v) is 7.74. The van der Waals surface area contributed by atoms with Crippen LogP contribution in [0.4, 0.5) is 0 Å². The highest BCUT2D eigenvalue weighted by molar-refractivity contribution is 7.89. The molecule has 3 rings (SSSR count). The number of nitrogens with zero attached hydrogens (tertiary/aromatic N) is 1. The molecule has 24 heavy (non-hydrogen) atoms. The van der Waals surface area contributed by atoms with Crippen LogP contribution in [0, 0.1) is 6.92 Å². The molecule has 1 aliphatic rings. The van der Waals surface area contributed by atoms with Gasteiger partial charge in [-0.1, -0.05) is 48.0 Å². The van der Waals surface area contributed by atoms with Gasteiger partial charge in [-0.3, -0.25) is 0 Å². The van der Waals surface area contributed by atoms with E-state index >= 15 is 0 Å². The summed E-state index contributed by atoms with van der Waals surface area (Å²) in [5.74, 6) is 0. The SMILES string of the molecule is CO[C@H]1O[C@H](c2ccccc2)[C@@H](C)N1S(=O)(=O)c1ccc(C)cc1. The molecule has 1 fully saturated rings. The van der Waals surface area contributed by atoms with Gasteiger partial charge < -0.3 is 9.47 Å². The maximum atomic E-state index is 13.1. The molecule has 0 aliphatic carbocycles. The smallest absolute Gasteiger partial charge is 0.247 e. The minimum Gasteiger partial charge on any atom is -0.342 e. The lowest BCUT2D eigenvalue weighted by Crippen LogP contribution is -2.41. The quantitative estimate of drug-likeness (QED) is 0.853. The molecule has 0 unspecified atom stereocenters. The third-order valence-electron chi connectivity index (χ3n) is 4.24. The minimum atomic E-state index is -3.72. The van der Waals surface area contributed by atoms with Crippen molar-refractivity contribution in [1.29, 1.82) is 0 Å². The van der Waals surface area contributed by atoms with E-state index in [1.807, 2.05) is 44.2 Å². The van der Waals surface area contributed by atoms with Crippen LogP contribution < -0.4 is 0 Å². The molecule has 1 heterocycles. The molecule has 0 saturated carbocycles. The van der Waals surface area contributed by atoms with Gasteiger partial charge in [-0.25, -0.2) is 8.42 Å². The summed E-state index contributed by atoms with van der Waals surface area (Å²) < 4.78 is 38.6. The van der Waals surface area contributed by atoms with E-state index in [4.69, 9.17) is 9.47 Å². The fraction of sp³-hybridized carbons (Fsp3) is 0.333. The van der Waals surface area contributed by atoms with Gasteiger partial charge in [0.1, 0.15) is 6.10 Å². The average Bonchev–Trinajstić information content (AvgIpc) is 2.93. The predicted octanol–water partition coefficient (Wildman–Crippen LogP) is 3.08. The lowest BCUT2D eigenvalue weighted by atomic mass is 10.0. The highest BCUT2D eigenvalue weighted by atomic mass is 32.2. The van der Waals surface area contributed by atoms with E-state index in [1.165, 1.54) is 11.4 Å². The molecule has 0 aromatic heterocycles. The second-order valence-electron chi connectivity index (χ2n) is 5.90. The molecule has 1 saturated heterocycles. The first-order valence-electron chi connectivity index (χ1n) is 7.78. The number of hydrogen-bond donors (Lipinski definition) is 0. The molecule has 128 valence electrons. The Balaban J connectivity index is 1.98. The van der Waals surface area contributed by atoms with Gasteiger partial charge in [-0.05, 0) is 31.5 Å². The van der Waals surface area contributed by atoms with Crippen molar-refractivity contribution >= 4 is 10.0 Å². The van der Waals surface area contributed by atoms with Gasteiger partial charge in [-0.2, -0.15) is 0 Å². The Kier molecular flexibility index (Phi) is 4.73. The molecule has 0 amide bonds. The first kappa shape index (κ1) is 17.1. The number of aryl methyl sites for hydroxylation is 1. The van der Waals surface area contributed by atoms with Gasteiger partial charge in [0.25, 0.3) is 0 Å². The van der Waals surface area contributed by atoms with Crippen molar-refractivity contribution < 1.29 is 17.9 Å². The minimum absolute atomic E-state index is 0.235. The van der Waals surface area contributed by atoms with Crippen LogP contribution in [0.25, 0.3) is 0 Å². The van der Waals surface area contributed by atoms with Crippen molar-refractivity contribution in [3.8, 4) is 0 Å². The van der Waals surface area contributed by atoms with Crippen LogP contribution >= 0.6 is 0 Å². The Morgan fingerprint density at radius 2 is 1.67 bits per heavy atom. The third kappa shape index (κ3) is 2.98. The van der Waals surface area contributed by atoms with Gasteiger partial charge in [0, 0.05) is 7.11 Å². The van der Waals surface area contributed by atoms with Gasteiger partial charge in [-0.15, -0.1) is 4.31 Å². The van der Waals surface area contributed by atoms with Crippen molar-refractivity contribution in [2.24, 2.45) is 0 Å². The summed E-state index contributed by atoms with van der Waals surface area (Å²) in [5, 5.41) is 0. The number of hydrogen-bond acceptors (Lipinski definition) is 4. The van der Waals surface area contributed by atoms with Gasteiger partial charge in [0.05, 0.1) is 10.9 Å². The van der Waals surface area contributed by atoms with Crippen molar-refractivity contribution in [1.82, 2.24) is 4.31 Å².